The molecule has 2 aromatic rings. The molecular formula is C22H23ClN4O4S2. The van der Waals surface area contributed by atoms with Gasteiger partial charge < -0.3 is 10.1 Å². The Kier molecular flexibility index (Phi) is 7.18. The summed E-state index contributed by atoms with van der Waals surface area (Å²) in [5.74, 6) is 0.394. The van der Waals surface area contributed by atoms with E-state index < -0.39 is 24.8 Å². The maximum Gasteiger partial charge on any atom is 0.418 e. The molecule has 11 heteroatoms. The molecule has 174 valence electrons. The summed E-state index contributed by atoms with van der Waals surface area (Å²) < 4.78 is 27.1. The van der Waals surface area contributed by atoms with E-state index in [0.717, 1.165) is 31.7 Å². The van der Waals surface area contributed by atoms with Crippen molar-refractivity contribution in [2.45, 2.75) is 25.4 Å². The van der Waals surface area contributed by atoms with Gasteiger partial charge in [0.15, 0.2) is 0 Å². The van der Waals surface area contributed by atoms with Gasteiger partial charge in [0.2, 0.25) is 9.26 Å². The van der Waals surface area contributed by atoms with Gasteiger partial charge in [0.05, 0.1) is 16.3 Å². The summed E-state index contributed by atoms with van der Waals surface area (Å²) in [7, 11) is -3.45. The van der Waals surface area contributed by atoms with Crippen LogP contribution in [-0.2, 0) is 25.3 Å². The van der Waals surface area contributed by atoms with Gasteiger partial charge in [-0.1, -0.05) is 41.9 Å². The van der Waals surface area contributed by atoms with Crippen LogP contribution in [0.15, 0.2) is 64.8 Å². The van der Waals surface area contributed by atoms with E-state index in [1.807, 2.05) is 6.07 Å². The Labute approximate surface area is 200 Å². The van der Waals surface area contributed by atoms with Crippen LogP contribution in [-0.4, -0.2) is 43.6 Å². The van der Waals surface area contributed by atoms with E-state index in [-0.39, 0.29) is 17.1 Å². The van der Waals surface area contributed by atoms with Gasteiger partial charge in [-0.3, -0.25) is 10.2 Å². The minimum atomic E-state index is -2.31. The van der Waals surface area contributed by atoms with Crippen molar-refractivity contribution in [3.05, 3.63) is 70.3 Å². The third-order valence-corrected chi connectivity index (χ3v) is 8.19. The fraction of sp³-hybridized carbons (Fsp3) is 0.273. The maximum atomic E-state index is 12.1. The summed E-state index contributed by atoms with van der Waals surface area (Å²) in [5, 5.41) is 7.72. The molecule has 4 rings (SSSR count). The van der Waals surface area contributed by atoms with E-state index in [1.165, 1.54) is 16.5 Å². The zero-order valence-electron chi connectivity index (χ0n) is 17.8. The van der Waals surface area contributed by atoms with Crippen molar-refractivity contribution >= 4 is 47.6 Å². The highest BCUT2D eigenvalue weighted by atomic mass is 35.5. The van der Waals surface area contributed by atoms with Gasteiger partial charge in [-0.05, 0) is 31.0 Å². The molecule has 2 N–H and O–H groups in total. The van der Waals surface area contributed by atoms with E-state index in [2.05, 4.69) is 51.7 Å². The number of benzene rings is 2. The number of likely N-dealkylation sites (tertiary alicyclic amines) is 1. The zero-order valence-corrected chi connectivity index (χ0v) is 20.2. The van der Waals surface area contributed by atoms with E-state index in [4.69, 9.17) is 16.3 Å². The number of hydrogen-bond donors (Lipinski definition) is 2. The molecule has 2 aliphatic heterocycles. The first-order valence-corrected chi connectivity index (χ1v) is 13.5. The molecule has 1 fully saturated rings. The first-order chi connectivity index (χ1) is 15.8. The quantitative estimate of drug-likeness (QED) is 0.618. The highest BCUT2D eigenvalue weighted by Gasteiger charge is 2.34. The summed E-state index contributed by atoms with van der Waals surface area (Å²) in [6.07, 6.45) is 0.194. The van der Waals surface area contributed by atoms with Gasteiger partial charge in [-0.2, -0.15) is 8.42 Å². The monoisotopic (exact) mass is 506 g/mol. The lowest BCUT2D eigenvalue weighted by Crippen LogP contribution is -2.38. The predicted molar refractivity (Wildman–Crippen MR) is 132 cm³/mol. The van der Waals surface area contributed by atoms with Gasteiger partial charge in [-0.15, -0.1) is 0 Å². The summed E-state index contributed by atoms with van der Waals surface area (Å²) in [6, 6.07) is 15.4. The van der Waals surface area contributed by atoms with Gasteiger partial charge in [0, 0.05) is 46.1 Å². The minimum Gasteiger partial charge on any atom is -0.410 e. The average Bonchev–Trinajstić information content (AvgIpc) is 3.38. The topological polar surface area (TPSA) is 100 Å². The normalized spacial score (nSPS) is 22.1. The Balaban J connectivity index is 1.34. The molecular weight excluding hydrogens is 484 g/mol. The predicted octanol–water partition coefficient (Wildman–Crippen LogP) is 3.76. The van der Waals surface area contributed by atoms with Crippen LogP contribution in [0.1, 0.15) is 18.9 Å². The number of carbonyl (C=O) groups excluding carboxylic acids is 1. The number of nitrogens with zero attached hydrogens (tertiary/aromatic N) is 2. The summed E-state index contributed by atoms with van der Waals surface area (Å²) in [4.78, 5) is 18.4. The highest BCUT2D eigenvalue weighted by molar-refractivity contribution is 8.42. The number of amides is 1. The van der Waals surface area contributed by atoms with Crippen LogP contribution < -0.4 is 15.4 Å². The van der Waals surface area contributed by atoms with Crippen molar-refractivity contribution in [1.82, 2.24) is 10.2 Å². The molecule has 2 atom stereocenters. The summed E-state index contributed by atoms with van der Waals surface area (Å²) >= 11 is 6.45. The number of anilines is 1. The second-order valence-electron chi connectivity index (χ2n) is 8.06. The van der Waals surface area contributed by atoms with Gasteiger partial charge >= 0.3 is 6.09 Å². The van der Waals surface area contributed by atoms with Crippen LogP contribution in [0.4, 0.5) is 10.5 Å². The fourth-order valence-electron chi connectivity index (χ4n) is 3.77. The Bertz CT molecular complexity index is 1260. The molecule has 1 amide bonds. The van der Waals surface area contributed by atoms with Crippen molar-refractivity contribution in [2.75, 3.05) is 18.4 Å². The van der Waals surface area contributed by atoms with Crippen LogP contribution in [0, 0.1) is 0 Å². The largest absolute Gasteiger partial charge is 0.418 e. The average molecular weight is 507 g/mol. The Morgan fingerprint density at radius 2 is 2.06 bits per heavy atom. The first-order valence-electron chi connectivity index (χ1n) is 10.2. The zero-order chi connectivity index (χ0) is 23.4. The van der Waals surface area contributed by atoms with Crippen molar-refractivity contribution in [2.24, 2.45) is 4.99 Å². The van der Waals surface area contributed by atoms with Crippen LogP contribution in [0.3, 0.4) is 0 Å². The molecule has 2 aliphatic rings. The third-order valence-electron chi connectivity index (χ3n) is 5.30. The standard InChI is InChI=1S/C22H23ClN4O4S2/c1-22(9-10-27(14-22)12-16-5-3-2-4-6-16)26-19-8-7-17(11-18(19)23)31-21(28)25-20-13-32(15-24-20)33(29)30/h2-8,11,13,15,26H,9-10,12,14H2,1H3,(H,25,28). The highest BCUT2D eigenvalue weighted by Crippen LogP contribution is 2.33. The molecule has 0 radical (unpaired) electrons. The summed E-state index contributed by atoms with van der Waals surface area (Å²) in [6.45, 7) is 4.94. The van der Waals surface area contributed by atoms with Crippen LogP contribution in [0.2, 0.25) is 5.02 Å². The minimum absolute atomic E-state index is 0.131. The van der Waals surface area contributed by atoms with E-state index in [9.17, 15) is 13.2 Å². The molecule has 2 unspecified atom stereocenters. The molecule has 0 spiro atoms. The van der Waals surface area contributed by atoms with Gasteiger partial charge in [-0.25, -0.2) is 9.79 Å². The number of halogens is 1. The molecule has 0 bridgehead atoms. The lowest BCUT2D eigenvalue weighted by atomic mass is 10.0. The molecule has 2 aromatic carbocycles. The Morgan fingerprint density at radius 3 is 2.76 bits per heavy atom. The molecule has 0 aliphatic carbocycles. The lowest BCUT2D eigenvalue weighted by Gasteiger charge is -2.28. The molecule has 0 saturated carbocycles. The van der Waals surface area contributed by atoms with Crippen LogP contribution >= 0.6 is 11.6 Å². The second-order valence-corrected chi connectivity index (χ2v) is 11.9. The summed E-state index contributed by atoms with van der Waals surface area (Å²) in [5.41, 5.74) is 3.17. The van der Waals surface area contributed by atoms with Crippen molar-refractivity contribution in [3.8, 4) is 5.75 Å². The number of rotatable bonds is 6. The van der Waals surface area contributed by atoms with E-state index >= 15 is 0 Å². The Hall–Kier alpha value is -2.66. The second kappa shape index (κ2) is 10.1. The van der Waals surface area contributed by atoms with Crippen molar-refractivity contribution in [1.29, 1.82) is 0 Å². The number of hydrogen-bond acceptors (Lipinski definition) is 7. The first kappa shape index (κ1) is 23.5. The van der Waals surface area contributed by atoms with Crippen molar-refractivity contribution in [3.63, 3.8) is 0 Å². The number of ether oxygens (including phenoxy) is 1. The number of carbonyl (C=O) groups is 1. The number of nitrogens with one attached hydrogen (secondary N) is 2. The van der Waals surface area contributed by atoms with E-state index in [0.29, 0.717) is 5.02 Å². The molecule has 33 heavy (non-hydrogen) atoms. The fourth-order valence-corrected chi connectivity index (χ4v) is 5.61. The van der Waals surface area contributed by atoms with Crippen LogP contribution in [0.5, 0.6) is 5.75 Å². The SMILES string of the molecule is CC1(Nc2ccc(OC(=O)NC3=CS(=S(=O)=O)C=N3)cc2Cl)CCN(Cc2ccccc2)C1. The smallest absolute Gasteiger partial charge is 0.410 e. The molecule has 0 aromatic heterocycles. The third kappa shape index (κ3) is 6.23. The van der Waals surface area contributed by atoms with Gasteiger partial charge in [0.25, 0.3) is 0 Å². The maximum absolute atomic E-state index is 12.1. The molecule has 2 heterocycles. The number of aliphatic imine (C=N–C) groups is 1. The van der Waals surface area contributed by atoms with Crippen molar-refractivity contribution < 1.29 is 17.9 Å². The van der Waals surface area contributed by atoms with E-state index in [1.54, 1.807) is 18.2 Å². The Morgan fingerprint density at radius 1 is 1.27 bits per heavy atom. The molecule has 1 saturated heterocycles. The molecule has 8 nitrogen and oxygen atoms in total. The van der Waals surface area contributed by atoms with Crippen LogP contribution in [0.25, 0.3) is 0 Å². The van der Waals surface area contributed by atoms with Gasteiger partial charge in [0.1, 0.15) is 11.6 Å². The lowest BCUT2D eigenvalue weighted by molar-refractivity contribution is 0.203.